The molecule has 6 heteroatoms. The molecule has 2 aliphatic heterocycles. The number of ether oxygens (including phenoxy) is 1. The van der Waals surface area contributed by atoms with Crippen molar-refractivity contribution < 1.29 is 14.3 Å². The average molecular weight is 331 g/mol. The quantitative estimate of drug-likeness (QED) is 0.890. The fourth-order valence-corrected chi connectivity index (χ4v) is 3.38. The Kier molecular flexibility index (Phi) is 5.48. The van der Waals surface area contributed by atoms with Gasteiger partial charge in [-0.25, -0.2) is 0 Å². The summed E-state index contributed by atoms with van der Waals surface area (Å²) in [4.78, 5) is 28.7. The number of nitrogens with one attached hydrogen (secondary N) is 1. The molecule has 6 nitrogen and oxygen atoms in total. The molecule has 0 unspecified atom stereocenters. The zero-order chi connectivity index (χ0) is 16.9. The molecule has 2 fully saturated rings. The van der Waals surface area contributed by atoms with Gasteiger partial charge in [-0.1, -0.05) is 30.3 Å². The summed E-state index contributed by atoms with van der Waals surface area (Å²) >= 11 is 0. The summed E-state index contributed by atoms with van der Waals surface area (Å²) in [6.07, 6.45) is 0.469. The van der Waals surface area contributed by atoms with Gasteiger partial charge in [-0.05, 0) is 12.5 Å². The molecule has 0 spiro atoms. The molecule has 0 saturated carbocycles. The summed E-state index contributed by atoms with van der Waals surface area (Å²) < 4.78 is 5.51. The molecule has 24 heavy (non-hydrogen) atoms. The predicted molar refractivity (Wildman–Crippen MR) is 90.4 cm³/mol. The van der Waals surface area contributed by atoms with Crippen LogP contribution in [0.25, 0.3) is 0 Å². The van der Waals surface area contributed by atoms with Crippen molar-refractivity contribution >= 4 is 11.8 Å². The van der Waals surface area contributed by atoms with Gasteiger partial charge in [0.2, 0.25) is 11.8 Å². The highest BCUT2D eigenvalue weighted by Crippen LogP contribution is 2.25. The average Bonchev–Trinajstić information content (AvgIpc) is 2.77. The lowest BCUT2D eigenvalue weighted by molar-refractivity contribution is -0.140. The second-order valence-corrected chi connectivity index (χ2v) is 6.47. The summed E-state index contributed by atoms with van der Waals surface area (Å²) in [5.74, 6) is 0.152. The highest BCUT2D eigenvalue weighted by Gasteiger charge is 2.30. The summed E-state index contributed by atoms with van der Waals surface area (Å²) in [5.41, 5.74) is 1.08. The van der Waals surface area contributed by atoms with Gasteiger partial charge in [0.05, 0.1) is 19.3 Å². The van der Waals surface area contributed by atoms with Gasteiger partial charge in [-0.2, -0.15) is 0 Å². The molecular weight excluding hydrogens is 306 g/mol. The first kappa shape index (κ1) is 16.9. The van der Waals surface area contributed by atoms with Crippen LogP contribution in [-0.4, -0.2) is 67.0 Å². The molecule has 0 aliphatic carbocycles. The number of hydrogen-bond acceptors (Lipinski definition) is 4. The van der Waals surface area contributed by atoms with Crippen molar-refractivity contribution in [2.45, 2.75) is 25.5 Å². The number of carbonyl (C=O) groups excluding carboxylic acids is 2. The van der Waals surface area contributed by atoms with Crippen LogP contribution in [0.4, 0.5) is 0 Å². The first-order chi connectivity index (χ1) is 11.6. The van der Waals surface area contributed by atoms with Crippen LogP contribution >= 0.6 is 0 Å². The fraction of sp³-hybridized carbons (Fsp3) is 0.556. The van der Waals surface area contributed by atoms with Crippen LogP contribution < -0.4 is 5.32 Å². The van der Waals surface area contributed by atoms with E-state index in [2.05, 4.69) is 10.2 Å². The third-order valence-corrected chi connectivity index (χ3v) is 4.66. The van der Waals surface area contributed by atoms with E-state index in [1.54, 1.807) is 0 Å². The largest absolute Gasteiger partial charge is 0.375 e. The highest BCUT2D eigenvalue weighted by atomic mass is 16.5. The van der Waals surface area contributed by atoms with Crippen LogP contribution in [0.3, 0.4) is 0 Å². The lowest BCUT2D eigenvalue weighted by atomic mass is 10.0. The Balaban J connectivity index is 1.73. The molecule has 2 saturated heterocycles. The predicted octanol–water partition coefficient (Wildman–Crippen LogP) is 0.797. The van der Waals surface area contributed by atoms with Crippen molar-refractivity contribution in [3.63, 3.8) is 0 Å². The van der Waals surface area contributed by atoms with E-state index in [-0.39, 0.29) is 24.0 Å². The van der Waals surface area contributed by atoms with Crippen LogP contribution in [0.5, 0.6) is 0 Å². The molecule has 0 radical (unpaired) electrons. The van der Waals surface area contributed by atoms with Gasteiger partial charge in [0.15, 0.2) is 0 Å². The molecular formula is C18H25N3O3. The van der Waals surface area contributed by atoms with Gasteiger partial charge >= 0.3 is 0 Å². The molecule has 0 aromatic heterocycles. The highest BCUT2D eigenvalue weighted by molar-refractivity contribution is 5.79. The SMILES string of the molecule is C[C@H]1CN(C(=O)CN2CCNC(=O)C[C@H]2c2ccccc2)CCO1. The van der Waals surface area contributed by atoms with Crippen molar-refractivity contribution in [3.8, 4) is 0 Å². The van der Waals surface area contributed by atoms with Crippen LogP contribution in [0.2, 0.25) is 0 Å². The van der Waals surface area contributed by atoms with Crippen LogP contribution in [0.1, 0.15) is 24.9 Å². The summed E-state index contributed by atoms with van der Waals surface area (Å²) in [6.45, 7) is 5.45. The lowest BCUT2D eigenvalue weighted by Crippen LogP contribution is -2.49. The minimum absolute atomic E-state index is 0.0406. The van der Waals surface area contributed by atoms with E-state index in [0.29, 0.717) is 45.8 Å². The van der Waals surface area contributed by atoms with Gasteiger partial charge in [-0.3, -0.25) is 14.5 Å². The minimum atomic E-state index is -0.0592. The number of nitrogens with zero attached hydrogens (tertiary/aromatic N) is 2. The van der Waals surface area contributed by atoms with Gasteiger partial charge in [0.1, 0.15) is 0 Å². The Morgan fingerprint density at radius 1 is 1.29 bits per heavy atom. The molecule has 1 N–H and O–H groups in total. The van der Waals surface area contributed by atoms with E-state index < -0.39 is 0 Å². The summed E-state index contributed by atoms with van der Waals surface area (Å²) in [5, 5.41) is 2.91. The van der Waals surface area contributed by atoms with E-state index in [4.69, 9.17) is 4.74 Å². The van der Waals surface area contributed by atoms with Crippen LogP contribution in [0.15, 0.2) is 30.3 Å². The molecule has 2 heterocycles. The Labute approximate surface area is 142 Å². The second kappa shape index (κ2) is 7.77. The van der Waals surface area contributed by atoms with E-state index >= 15 is 0 Å². The molecule has 1 aromatic rings. The fourth-order valence-electron chi connectivity index (χ4n) is 3.38. The molecule has 130 valence electrons. The first-order valence-corrected chi connectivity index (χ1v) is 8.58. The van der Waals surface area contributed by atoms with E-state index in [1.807, 2.05) is 42.2 Å². The van der Waals surface area contributed by atoms with Crippen LogP contribution in [0, 0.1) is 0 Å². The van der Waals surface area contributed by atoms with Crippen molar-refractivity contribution in [2.24, 2.45) is 0 Å². The molecule has 1 aromatic carbocycles. The van der Waals surface area contributed by atoms with Gasteiger partial charge in [0.25, 0.3) is 0 Å². The maximum Gasteiger partial charge on any atom is 0.236 e. The van der Waals surface area contributed by atoms with E-state index in [0.717, 1.165) is 5.56 Å². The Morgan fingerprint density at radius 3 is 2.83 bits per heavy atom. The zero-order valence-electron chi connectivity index (χ0n) is 14.1. The van der Waals surface area contributed by atoms with E-state index in [9.17, 15) is 9.59 Å². The number of rotatable bonds is 3. The number of amides is 2. The molecule has 0 bridgehead atoms. The normalized spacial score (nSPS) is 25.9. The second-order valence-electron chi connectivity index (χ2n) is 6.47. The third kappa shape index (κ3) is 4.13. The smallest absolute Gasteiger partial charge is 0.236 e. The molecule has 2 atom stereocenters. The number of hydrogen-bond donors (Lipinski definition) is 1. The topological polar surface area (TPSA) is 61.9 Å². The van der Waals surface area contributed by atoms with Crippen molar-refractivity contribution in [1.82, 2.24) is 15.1 Å². The monoisotopic (exact) mass is 331 g/mol. The van der Waals surface area contributed by atoms with Crippen LogP contribution in [-0.2, 0) is 14.3 Å². The summed E-state index contributed by atoms with van der Waals surface area (Å²) in [7, 11) is 0. The van der Waals surface area contributed by atoms with Crippen molar-refractivity contribution in [1.29, 1.82) is 0 Å². The molecule has 2 aliphatic rings. The summed E-state index contributed by atoms with van der Waals surface area (Å²) in [6, 6.07) is 9.90. The van der Waals surface area contributed by atoms with Gasteiger partial charge in [0, 0.05) is 38.6 Å². The van der Waals surface area contributed by atoms with Gasteiger partial charge < -0.3 is 15.0 Å². The number of benzene rings is 1. The number of carbonyl (C=O) groups is 2. The zero-order valence-corrected chi connectivity index (χ0v) is 14.1. The number of morpholine rings is 1. The van der Waals surface area contributed by atoms with Crippen molar-refractivity contribution in [3.05, 3.63) is 35.9 Å². The standard InChI is InChI=1S/C18H25N3O3/c1-14-12-21(9-10-24-14)18(23)13-20-8-7-19-17(22)11-16(20)15-5-3-2-4-6-15/h2-6,14,16H,7-13H2,1H3,(H,19,22)/t14-,16-/m0/s1. The lowest BCUT2D eigenvalue weighted by Gasteiger charge is -2.34. The minimum Gasteiger partial charge on any atom is -0.375 e. The Hall–Kier alpha value is -1.92. The molecule has 3 rings (SSSR count). The first-order valence-electron chi connectivity index (χ1n) is 8.58. The van der Waals surface area contributed by atoms with E-state index in [1.165, 1.54) is 0 Å². The van der Waals surface area contributed by atoms with Gasteiger partial charge in [-0.15, -0.1) is 0 Å². The maximum absolute atomic E-state index is 12.7. The molecule has 2 amide bonds. The van der Waals surface area contributed by atoms with Crippen molar-refractivity contribution in [2.75, 3.05) is 39.3 Å². The maximum atomic E-state index is 12.7. The Bertz CT molecular complexity index is 578. The Morgan fingerprint density at radius 2 is 2.08 bits per heavy atom. The third-order valence-electron chi connectivity index (χ3n) is 4.66.